The topological polar surface area (TPSA) is 104 Å². The Balaban J connectivity index is 1.26. The van der Waals surface area contributed by atoms with Gasteiger partial charge in [0.2, 0.25) is 0 Å². The molecule has 5 rings (SSSR count). The first-order chi connectivity index (χ1) is 16.8. The summed E-state index contributed by atoms with van der Waals surface area (Å²) in [6.07, 6.45) is 1.22. The Morgan fingerprint density at radius 1 is 1.03 bits per heavy atom. The van der Waals surface area contributed by atoms with Crippen molar-refractivity contribution in [2.45, 2.75) is 5.75 Å². The van der Waals surface area contributed by atoms with E-state index in [4.69, 9.17) is 4.74 Å². The Labute approximate surface area is 203 Å². The number of nitrogens with zero attached hydrogens (tertiary/aromatic N) is 2. The van der Waals surface area contributed by atoms with E-state index in [1.54, 1.807) is 24.3 Å². The van der Waals surface area contributed by atoms with Crippen LogP contribution in [-0.4, -0.2) is 56.9 Å². The van der Waals surface area contributed by atoms with E-state index in [0.29, 0.717) is 17.0 Å². The molecule has 3 aromatic carbocycles. The number of anilines is 2. The molecule has 1 amide bonds. The second-order valence-electron chi connectivity index (χ2n) is 8.68. The van der Waals surface area contributed by atoms with Crippen molar-refractivity contribution in [1.29, 1.82) is 0 Å². The molecule has 0 bridgehead atoms. The van der Waals surface area contributed by atoms with E-state index in [1.807, 2.05) is 42.5 Å². The molecule has 0 unspecified atom stereocenters. The highest BCUT2D eigenvalue weighted by Crippen LogP contribution is 2.23. The quantitative estimate of drug-likeness (QED) is 0.425. The van der Waals surface area contributed by atoms with E-state index in [0.717, 1.165) is 54.3 Å². The molecular weight excluding hydrogens is 464 g/mol. The molecule has 1 fully saturated rings. The third kappa shape index (κ3) is 5.52. The molecule has 1 aliphatic heterocycles. The number of morpholine rings is 1. The minimum absolute atomic E-state index is 0.0168. The molecular formula is C26H26N4O4S. The van der Waals surface area contributed by atoms with Crippen LogP contribution in [0.1, 0.15) is 15.9 Å². The standard InChI is InChI=1S/C26H26N4O4S/c1-35(32,33)17-18-2-11-23-24(16-18)29-25(28-23)19-3-5-20(6-4-19)26(31)27-21-7-9-22(10-8-21)30-12-14-34-15-13-30/h2-11,16H,12-15,17H2,1H3,(H,27,31)(H,28,29). The van der Waals surface area contributed by atoms with Crippen molar-refractivity contribution in [2.75, 3.05) is 42.8 Å². The van der Waals surface area contributed by atoms with Crippen molar-refractivity contribution >= 4 is 38.2 Å². The molecule has 1 aromatic heterocycles. The van der Waals surface area contributed by atoms with E-state index in [1.165, 1.54) is 6.26 Å². The van der Waals surface area contributed by atoms with E-state index >= 15 is 0 Å². The number of nitrogens with one attached hydrogen (secondary N) is 2. The second kappa shape index (κ2) is 9.52. The van der Waals surface area contributed by atoms with Crippen LogP contribution in [0.25, 0.3) is 22.4 Å². The normalized spacial score (nSPS) is 14.3. The summed E-state index contributed by atoms with van der Waals surface area (Å²) in [6.45, 7) is 3.19. The Morgan fingerprint density at radius 2 is 1.74 bits per heavy atom. The first-order valence-electron chi connectivity index (χ1n) is 11.3. The Hall–Kier alpha value is -3.69. The van der Waals surface area contributed by atoms with Crippen LogP contribution in [0.4, 0.5) is 11.4 Å². The summed E-state index contributed by atoms with van der Waals surface area (Å²) in [4.78, 5) is 22.8. The van der Waals surface area contributed by atoms with Gasteiger partial charge in [-0.05, 0) is 54.1 Å². The van der Waals surface area contributed by atoms with Gasteiger partial charge in [-0.3, -0.25) is 4.79 Å². The van der Waals surface area contributed by atoms with E-state index in [-0.39, 0.29) is 11.7 Å². The first-order valence-corrected chi connectivity index (χ1v) is 13.4. The van der Waals surface area contributed by atoms with E-state index in [9.17, 15) is 13.2 Å². The van der Waals surface area contributed by atoms with Crippen LogP contribution in [0.3, 0.4) is 0 Å². The Bertz CT molecular complexity index is 1460. The van der Waals surface area contributed by atoms with Crippen LogP contribution >= 0.6 is 0 Å². The highest BCUT2D eigenvalue weighted by atomic mass is 32.2. The summed E-state index contributed by atoms with van der Waals surface area (Å²) in [5.74, 6) is 0.449. The van der Waals surface area contributed by atoms with Gasteiger partial charge in [-0.15, -0.1) is 0 Å². The summed E-state index contributed by atoms with van der Waals surface area (Å²) in [5, 5.41) is 2.94. The first kappa shape index (κ1) is 23.1. The summed E-state index contributed by atoms with van der Waals surface area (Å²) in [6, 6.07) is 20.4. The maximum Gasteiger partial charge on any atom is 0.255 e. The van der Waals surface area contributed by atoms with Crippen molar-refractivity contribution in [3.63, 3.8) is 0 Å². The minimum atomic E-state index is -3.11. The SMILES string of the molecule is CS(=O)(=O)Cc1ccc2nc(-c3ccc(C(=O)Nc4ccc(N5CCOCC5)cc4)cc3)[nH]c2c1. The fraction of sp³-hybridized carbons (Fsp3) is 0.231. The number of aromatic nitrogens is 2. The Kier molecular flexibility index (Phi) is 6.27. The number of carbonyl (C=O) groups excluding carboxylic acids is 1. The van der Waals surface area contributed by atoms with Gasteiger partial charge in [0.25, 0.3) is 5.91 Å². The average molecular weight is 491 g/mol. The number of hydrogen-bond acceptors (Lipinski definition) is 6. The maximum absolute atomic E-state index is 12.7. The fourth-order valence-electron chi connectivity index (χ4n) is 4.15. The molecule has 1 saturated heterocycles. The lowest BCUT2D eigenvalue weighted by Crippen LogP contribution is -2.36. The van der Waals surface area contributed by atoms with Crippen LogP contribution in [0.15, 0.2) is 66.7 Å². The molecule has 0 spiro atoms. The molecule has 0 radical (unpaired) electrons. The van der Waals surface area contributed by atoms with Crippen LogP contribution < -0.4 is 10.2 Å². The molecule has 180 valence electrons. The van der Waals surface area contributed by atoms with Gasteiger partial charge in [-0.2, -0.15) is 0 Å². The Morgan fingerprint density at radius 3 is 2.43 bits per heavy atom. The van der Waals surface area contributed by atoms with Crippen molar-refractivity contribution in [1.82, 2.24) is 9.97 Å². The highest BCUT2D eigenvalue weighted by molar-refractivity contribution is 7.89. The van der Waals surface area contributed by atoms with Gasteiger partial charge in [0.15, 0.2) is 9.84 Å². The zero-order valence-electron chi connectivity index (χ0n) is 19.3. The van der Waals surface area contributed by atoms with Gasteiger partial charge in [-0.25, -0.2) is 13.4 Å². The number of hydrogen-bond donors (Lipinski definition) is 2. The number of imidazole rings is 1. The lowest BCUT2D eigenvalue weighted by Gasteiger charge is -2.28. The van der Waals surface area contributed by atoms with Crippen molar-refractivity contribution < 1.29 is 17.9 Å². The molecule has 8 nitrogen and oxygen atoms in total. The summed E-state index contributed by atoms with van der Waals surface area (Å²) >= 11 is 0. The molecule has 1 aliphatic rings. The molecule has 0 atom stereocenters. The van der Waals surface area contributed by atoms with Crippen LogP contribution in [0.5, 0.6) is 0 Å². The van der Waals surface area contributed by atoms with E-state index < -0.39 is 9.84 Å². The van der Waals surface area contributed by atoms with Gasteiger partial charge in [-0.1, -0.05) is 18.2 Å². The number of fused-ring (bicyclic) bond motifs is 1. The summed E-state index contributed by atoms with van der Waals surface area (Å²) < 4.78 is 28.6. The molecule has 2 N–H and O–H groups in total. The number of amides is 1. The van der Waals surface area contributed by atoms with E-state index in [2.05, 4.69) is 20.2 Å². The predicted octanol–water partition coefficient (Wildman–Crippen LogP) is 3.86. The number of sulfone groups is 1. The third-order valence-corrected chi connectivity index (χ3v) is 6.75. The molecule has 9 heteroatoms. The number of carbonyl (C=O) groups is 1. The van der Waals surface area contributed by atoms with Gasteiger partial charge < -0.3 is 19.9 Å². The molecule has 0 aliphatic carbocycles. The van der Waals surface area contributed by atoms with Crippen LogP contribution in [0.2, 0.25) is 0 Å². The number of aromatic amines is 1. The number of ether oxygens (including phenoxy) is 1. The fourth-order valence-corrected chi connectivity index (χ4v) is 4.93. The lowest BCUT2D eigenvalue weighted by molar-refractivity contribution is 0.102. The highest BCUT2D eigenvalue weighted by Gasteiger charge is 2.13. The number of benzene rings is 3. The molecule has 0 saturated carbocycles. The van der Waals surface area contributed by atoms with Gasteiger partial charge in [0, 0.05) is 41.8 Å². The molecule has 2 heterocycles. The van der Waals surface area contributed by atoms with Crippen molar-refractivity contribution in [3.05, 3.63) is 77.9 Å². The predicted molar refractivity (Wildman–Crippen MR) is 138 cm³/mol. The second-order valence-corrected chi connectivity index (χ2v) is 10.8. The monoisotopic (exact) mass is 490 g/mol. The largest absolute Gasteiger partial charge is 0.378 e. The zero-order chi connectivity index (χ0) is 24.4. The van der Waals surface area contributed by atoms with Crippen LogP contribution in [-0.2, 0) is 20.3 Å². The average Bonchev–Trinajstić information content (AvgIpc) is 3.28. The maximum atomic E-state index is 12.7. The summed E-state index contributed by atoms with van der Waals surface area (Å²) in [7, 11) is -3.11. The van der Waals surface area contributed by atoms with Crippen molar-refractivity contribution in [2.24, 2.45) is 0 Å². The van der Waals surface area contributed by atoms with Crippen molar-refractivity contribution in [3.8, 4) is 11.4 Å². The number of rotatable bonds is 6. The lowest BCUT2D eigenvalue weighted by atomic mass is 10.1. The van der Waals surface area contributed by atoms with Gasteiger partial charge >= 0.3 is 0 Å². The molecule has 35 heavy (non-hydrogen) atoms. The summed E-state index contributed by atoms with van der Waals surface area (Å²) in [5.41, 5.74) is 5.45. The minimum Gasteiger partial charge on any atom is -0.378 e. The van der Waals surface area contributed by atoms with Gasteiger partial charge in [0.1, 0.15) is 5.82 Å². The molecule has 4 aromatic rings. The zero-order valence-corrected chi connectivity index (χ0v) is 20.1. The smallest absolute Gasteiger partial charge is 0.255 e. The third-order valence-electron chi connectivity index (χ3n) is 5.90. The number of H-pyrrole nitrogens is 1. The van der Waals surface area contributed by atoms with Crippen LogP contribution in [0, 0.1) is 0 Å². The van der Waals surface area contributed by atoms with Gasteiger partial charge in [0.05, 0.1) is 30.0 Å².